The van der Waals surface area contributed by atoms with Gasteiger partial charge in [-0.05, 0) is 50.2 Å². The van der Waals surface area contributed by atoms with E-state index in [1.165, 1.54) is 37.9 Å². The van der Waals surface area contributed by atoms with E-state index in [2.05, 4.69) is 16.9 Å². The molecule has 2 N–H and O–H groups in total. The van der Waals surface area contributed by atoms with Crippen LogP contribution in [0.4, 0.5) is 0 Å². The summed E-state index contributed by atoms with van der Waals surface area (Å²) in [5, 5.41) is 6.14. The van der Waals surface area contributed by atoms with Crippen molar-refractivity contribution in [2.24, 2.45) is 5.92 Å². The Balaban J connectivity index is 1.76. The van der Waals surface area contributed by atoms with Crippen LogP contribution in [0.5, 0.6) is 0 Å². The highest BCUT2D eigenvalue weighted by atomic mass is 32.2. The summed E-state index contributed by atoms with van der Waals surface area (Å²) in [5.74, 6) is 2.17. The lowest BCUT2D eigenvalue weighted by Gasteiger charge is -2.05. The van der Waals surface area contributed by atoms with Crippen LogP contribution >= 0.6 is 11.8 Å². The van der Waals surface area contributed by atoms with E-state index < -0.39 is 0 Å². The molecule has 94 valence electrons. The third-order valence-corrected chi connectivity index (χ3v) is 3.47. The van der Waals surface area contributed by atoms with E-state index in [4.69, 9.17) is 0 Å². The van der Waals surface area contributed by atoms with Crippen molar-refractivity contribution in [2.75, 3.05) is 31.6 Å². The van der Waals surface area contributed by atoms with E-state index in [1.54, 1.807) is 0 Å². The maximum atomic E-state index is 11.3. The highest BCUT2D eigenvalue weighted by molar-refractivity contribution is 7.98. The summed E-state index contributed by atoms with van der Waals surface area (Å²) in [6, 6.07) is 0. The smallest absolute Gasteiger partial charge is 0.233 e. The molecule has 1 aliphatic rings. The molecule has 3 nitrogen and oxygen atoms in total. The predicted molar refractivity (Wildman–Crippen MR) is 70.8 cm³/mol. The zero-order valence-corrected chi connectivity index (χ0v) is 11.1. The van der Waals surface area contributed by atoms with Gasteiger partial charge in [-0.25, -0.2) is 0 Å². The van der Waals surface area contributed by atoms with E-state index in [0.717, 1.165) is 19.0 Å². The van der Waals surface area contributed by atoms with Crippen LogP contribution in [0.15, 0.2) is 0 Å². The summed E-state index contributed by atoms with van der Waals surface area (Å²) in [5.41, 5.74) is 0. The van der Waals surface area contributed by atoms with E-state index in [1.807, 2.05) is 11.8 Å². The third-order valence-electron chi connectivity index (χ3n) is 2.77. The lowest BCUT2D eigenvalue weighted by atomic mass is 10.2. The van der Waals surface area contributed by atoms with Gasteiger partial charge in [-0.3, -0.25) is 4.79 Å². The number of thioether (sulfide) groups is 1. The van der Waals surface area contributed by atoms with Crippen molar-refractivity contribution in [3.63, 3.8) is 0 Å². The molecule has 0 bridgehead atoms. The largest absolute Gasteiger partial charge is 0.355 e. The van der Waals surface area contributed by atoms with Crippen molar-refractivity contribution in [3.05, 3.63) is 0 Å². The van der Waals surface area contributed by atoms with Crippen molar-refractivity contribution >= 4 is 17.7 Å². The van der Waals surface area contributed by atoms with Gasteiger partial charge in [0.25, 0.3) is 0 Å². The van der Waals surface area contributed by atoms with Crippen LogP contribution in [0, 0.1) is 5.92 Å². The molecule has 4 heteroatoms. The maximum absolute atomic E-state index is 11.3. The molecule has 0 atom stereocenters. The SMILES string of the molecule is CSCCCCCNCC(=O)NCC1CC1. The fourth-order valence-electron chi connectivity index (χ4n) is 1.52. The average Bonchev–Trinajstić information content (AvgIpc) is 3.09. The second-order valence-corrected chi connectivity index (χ2v) is 5.46. The van der Waals surface area contributed by atoms with Crippen LogP contribution in [-0.4, -0.2) is 37.6 Å². The lowest BCUT2D eigenvalue weighted by molar-refractivity contribution is -0.120. The molecule has 0 unspecified atom stereocenters. The Kier molecular flexibility index (Phi) is 7.68. The molecular weight excluding hydrogens is 220 g/mol. The van der Waals surface area contributed by atoms with Gasteiger partial charge in [0.05, 0.1) is 6.54 Å². The van der Waals surface area contributed by atoms with E-state index in [9.17, 15) is 4.79 Å². The van der Waals surface area contributed by atoms with Crippen LogP contribution in [0.25, 0.3) is 0 Å². The van der Waals surface area contributed by atoms with Crippen LogP contribution in [0.3, 0.4) is 0 Å². The number of hydrogen-bond acceptors (Lipinski definition) is 3. The first-order valence-electron chi connectivity index (χ1n) is 6.29. The summed E-state index contributed by atoms with van der Waals surface area (Å²) in [7, 11) is 0. The van der Waals surface area contributed by atoms with Gasteiger partial charge in [-0.2, -0.15) is 11.8 Å². The van der Waals surface area contributed by atoms with Crippen LogP contribution in [0.2, 0.25) is 0 Å². The Hall–Kier alpha value is -0.220. The molecular formula is C12H24N2OS. The predicted octanol–water partition coefficient (Wildman–Crippen LogP) is 1.64. The second kappa shape index (κ2) is 8.88. The molecule has 0 heterocycles. The summed E-state index contributed by atoms with van der Waals surface area (Å²) < 4.78 is 0. The molecule has 1 rings (SSSR count). The van der Waals surface area contributed by atoms with Crippen LogP contribution in [-0.2, 0) is 4.79 Å². The van der Waals surface area contributed by atoms with Crippen molar-refractivity contribution in [1.82, 2.24) is 10.6 Å². The standard InChI is InChI=1S/C12H24N2OS/c1-16-8-4-2-3-7-13-10-12(15)14-9-11-5-6-11/h11,13H,2-10H2,1H3,(H,14,15). The Morgan fingerprint density at radius 1 is 1.31 bits per heavy atom. The zero-order valence-electron chi connectivity index (χ0n) is 10.3. The number of hydrogen-bond donors (Lipinski definition) is 2. The van der Waals surface area contributed by atoms with Crippen molar-refractivity contribution in [3.8, 4) is 0 Å². The summed E-state index contributed by atoms with van der Waals surface area (Å²) in [4.78, 5) is 11.3. The lowest BCUT2D eigenvalue weighted by Crippen LogP contribution is -2.35. The first kappa shape index (κ1) is 13.8. The van der Waals surface area contributed by atoms with Crippen molar-refractivity contribution < 1.29 is 4.79 Å². The summed E-state index contributed by atoms with van der Waals surface area (Å²) >= 11 is 1.90. The van der Waals surface area contributed by atoms with E-state index in [-0.39, 0.29) is 5.91 Å². The van der Waals surface area contributed by atoms with Crippen LogP contribution < -0.4 is 10.6 Å². The summed E-state index contributed by atoms with van der Waals surface area (Å²) in [6.07, 6.45) is 8.46. The van der Waals surface area contributed by atoms with Gasteiger partial charge < -0.3 is 10.6 Å². The molecule has 0 spiro atoms. The van der Waals surface area contributed by atoms with E-state index in [0.29, 0.717) is 6.54 Å². The number of carbonyl (C=O) groups is 1. The molecule has 0 aromatic rings. The quantitative estimate of drug-likeness (QED) is 0.574. The number of amides is 1. The molecule has 1 saturated carbocycles. The van der Waals surface area contributed by atoms with Crippen LogP contribution in [0.1, 0.15) is 32.1 Å². The first-order valence-corrected chi connectivity index (χ1v) is 7.68. The number of rotatable bonds is 10. The number of unbranched alkanes of at least 4 members (excludes halogenated alkanes) is 2. The third kappa shape index (κ3) is 7.99. The Morgan fingerprint density at radius 2 is 2.12 bits per heavy atom. The van der Waals surface area contributed by atoms with Gasteiger partial charge >= 0.3 is 0 Å². The highest BCUT2D eigenvalue weighted by Gasteiger charge is 2.21. The van der Waals surface area contributed by atoms with Gasteiger partial charge in [-0.15, -0.1) is 0 Å². The Labute approximate surface area is 103 Å². The topological polar surface area (TPSA) is 41.1 Å². The fraction of sp³-hybridized carbons (Fsp3) is 0.917. The fourth-order valence-corrected chi connectivity index (χ4v) is 2.01. The molecule has 0 aromatic carbocycles. The van der Waals surface area contributed by atoms with Gasteiger partial charge in [0.1, 0.15) is 0 Å². The minimum atomic E-state index is 0.149. The average molecular weight is 244 g/mol. The van der Waals surface area contributed by atoms with Gasteiger partial charge in [-0.1, -0.05) is 6.42 Å². The number of nitrogens with one attached hydrogen (secondary N) is 2. The highest BCUT2D eigenvalue weighted by Crippen LogP contribution is 2.27. The molecule has 1 aliphatic carbocycles. The first-order chi connectivity index (χ1) is 7.83. The minimum Gasteiger partial charge on any atom is -0.355 e. The molecule has 1 fully saturated rings. The number of carbonyl (C=O) groups excluding carboxylic acids is 1. The molecule has 0 aromatic heterocycles. The second-order valence-electron chi connectivity index (χ2n) is 4.48. The maximum Gasteiger partial charge on any atom is 0.233 e. The van der Waals surface area contributed by atoms with Gasteiger partial charge in [0, 0.05) is 6.54 Å². The Morgan fingerprint density at radius 3 is 2.81 bits per heavy atom. The molecule has 0 aliphatic heterocycles. The minimum absolute atomic E-state index is 0.149. The molecule has 1 amide bonds. The summed E-state index contributed by atoms with van der Waals surface area (Å²) in [6.45, 7) is 2.33. The van der Waals surface area contributed by atoms with E-state index >= 15 is 0 Å². The van der Waals surface area contributed by atoms with Crippen molar-refractivity contribution in [2.45, 2.75) is 32.1 Å². The molecule has 0 saturated heterocycles. The normalized spacial score (nSPS) is 15.1. The van der Waals surface area contributed by atoms with Gasteiger partial charge in [0.15, 0.2) is 0 Å². The molecule has 0 radical (unpaired) electrons. The monoisotopic (exact) mass is 244 g/mol. The van der Waals surface area contributed by atoms with Crippen molar-refractivity contribution in [1.29, 1.82) is 0 Å². The zero-order chi connectivity index (χ0) is 11.6. The Bertz CT molecular complexity index is 195. The molecule has 16 heavy (non-hydrogen) atoms. The van der Waals surface area contributed by atoms with Gasteiger partial charge in [0.2, 0.25) is 5.91 Å².